The minimum atomic E-state index is -0.872. The van der Waals surface area contributed by atoms with E-state index in [2.05, 4.69) is 31.0 Å². The van der Waals surface area contributed by atoms with E-state index < -0.39 is 5.97 Å². The predicted octanol–water partition coefficient (Wildman–Crippen LogP) is 6.51. The van der Waals surface area contributed by atoms with E-state index in [0.29, 0.717) is 10.9 Å². The van der Waals surface area contributed by atoms with Crippen LogP contribution in [0.1, 0.15) is 53.1 Å². The van der Waals surface area contributed by atoms with Crippen molar-refractivity contribution in [3.05, 3.63) is 68.6 Å². The van der Waals surface area contributed by atoms with Crippen LogP contribution in [0.3, 0.4) is 0 Å². The molecule has 1 atom stereocenters. The van der Waals surface area contributed by atoms with Gasteiger partial charge in [-0.2, -0.15) is 0 Å². The van der Waals surface area contributed by atoms with Crippen LogP contribution in [-0.4, -0.2) is 23.2 Å². The van der Waals surface area contributed by atoms with Gasteiger partial charge in [0.1, 0.15) is 10.8 Å². The molecule has 0 spiro atoms. The predicted molar refractivity (Wildman–Crippen MR) is 118 cm³/mol. The third kappa shape index (κ3) is 4.98. The Labute approximate surface area is 180 Å². The molecule has 3 aromatic rings. The van der Waals surface area contributed by atoms with Gasteiger partial charge in [-0.25, -0.2) is 4.98 Å². The lowest BCUT2D eigenvalue weighted by atomic mass is 9.91. The molecule has 0 aliphatic carbocycles. The highest BCUT2D eigenvalue weighted by Crippen LogP contribution is 2.38. The standard InChI is InChI=1S/C23H24ClNO3S/c1-13(2)15-5-6-21(28-4)19(10-15)16-7-17(9-18(24)8-16)20(11-22(26)27)23-25-12-14(3)29-23/h5-10,12-13,20H,11H2,1-4H3,(H,26,27). The molecule has 6 heteroatoms. The number of carboxylic acid groups (broad SMARTS) is 1. The van der Waals surface area contributed by atoms with Crippen molar-refractivity contribution in [1.82, 2.24) is 4.98 Å². The third-order valence-corrected chi connectivity index (χ3v) is 6.08. The Balaban J connectivity index is 2.14. The number of hydrogen-bond acceptors (Lipinski definition) is 4. The van der Waals surface area contributed by atoms with Gasteiger partial charge in [0.2, 0.25) is 0 Å². The molecule has 0 aliphatic rings. The lowest BCUT2D eigenvalue weighted by molar-refractivity contribution is -0.137. The molecular weight excluding hydrogens is 406 g/mol. The minimum Gasteiger partial charge on any atom is -0.496 e. The largest absolute Gasteiger partial charge is 0.496 e. The van der Waals surface area contributed by atoms with Crippen LogP contribution in [0.2, 0.25) is 5.02 Å². The van der Waals surface area contributed by atoms with E-state index in [1.807, 2.05) is 31.2 Å². The molecule has 0 saturated carbocycles. The van der Waals surface area contributed by atoms with Crippen molar-refractivity contribution in [2.24, 2.45) is 0 Å². The first-order valence-electron chi connectivity index (χ1n) is 9.41. The Morgan fingerprint density at radius 1 is 1.21 bits per heavy atom. The molecule has 4 nitrogen and oxygen atoms in total. The zero-order valence-electron chi connectivity index (χ0n) is 16.9. The number of benzene rings is 2. The average Bonchev–Trinajstić information content (AvgIpc) is 3.10. The number of carbonyl (C=O) groups is 1. The first-order chi connectivity index (χ1) is 13.8. The Kier molecular flexibility index (Phi) is 6.60. The zero-order chi connectivity index (χ0) is 21.1. The zero-order valence-corrected chi connectivity index (χ0v) is 18.5. The van der Waals surface area contributed by atoms with Crippen LogP contribution in [0, 0.1) is 6.92 Å². The summed E-state index contributed by atoms with van der Waals surface area (Å²) in [5.74, 6) is -0.106. The van der Waals surface area contributed by atoms with Crippen molar-refractivity contribution in [2.75, 3.05) is 7.11 Å². The van der Waals surface area contributed by atoms with E-state index in [4.69, 9.17) is 16.3 Å². The van der Waals surface area contributed by atoms with Crippen LogP contribution in [0.25, 0.3) is 11.1 Å². The quantitative estimate of drug-likeness (QED) is 0.465. The number of halogens is 1. The molecule has 0 bridgehead atoms. The van der Waals surface area contributed by atoms with Crippen LogP contribution >= 0.6 is 22.9 Å². The summed E-state index contributed by atoms with van der Waals surface area (Å²) in [6.07, 6.45) is 1.73. The highest BCUT2D eigenvalue weighted by molar-refractivity contribution is 7.11. The number of rotatable bonds is 7. The van der Waals surface area contributed by atoms with E-state index in [-0.39, 0.29) is 12.3 Å². The topological polar surface area (TPSA) is 59.4 Å². The van der Waals surface area contributed by atoms with Gasteiger partial charge in [-0.1, -0.05) is 37.6 Å². The molecule has 29 heavy (non-hydrogen) atoms. The Morgan fingerprint density at radius 3 is 2.55 bits per heavy atom. The SMILES string of the molecule is COc1ccc(C(C)C)cc1-c1cc(Cl)cc(C(CC(=O)O)c2ncc(C)s2)c1. The van der Waals surface area contributed by atoms with Crippen LogP contribution in [0.5, 0.6) is 5.75 Å². The summed E-state index contributed by atoms with van der Waals surface area (Å²) < 4.78 is 5.58. The van der Waals surface area contributed by atoms with Gasteiger partial charge in [0.15, 0.2) is 0 Å². The van der Waals surface area contributed by atoms with Gasteiger partial charge in [-0.15, -0.1) is 11.3 Å². The molecule has 1 aromatic heterocycles. The molecule has 2 aromatic carbocycles. The van der Waals surface area contributed by atoms with Gasteiger partial charge >= 0.3 is 5.97 Å². The maximum Gasteiger partial charge on any atom is 0.304 e. The fourth-order valence-electron chi connectivity index (χ4n) is 3.33. The molecule has 3 rings (SSSR count). The monoisotopic (exact) mass is 429 g/mol. The molecular formula is C23H24ClNO3S. The average molecular weight is 430 g/mol. The molecule has 0 radical (unpaired) electrons. The molecule has 1 unspecified atom stereocenters. The van der Waals surface area contributed by atoms with E-state index in [9.17, 15) is 9.90 Å². The molecule has 0 saturated heterocycles. The first kappa shape index (κ1) is 21.3. The number of aliphatic carboxylic acids is 1. The van der Waals surface area contributed by atoms with Crippen molar-refractivity contribution >= 4 is 28.9 Å². The normalized spacial score (nSPS) is 12.2. The fraction of sp³-hybridized carbons (Fsp3) is 0.304. The van der Waals surface area contributed by atoms with E-state index in [1.54, 1.807) is 13.3 Å². The molecule has 1 heterocycles. The van der Waals surface area contributed by atoms with E-state index >= 15 is 0 Å². The molecule has 152 valence electrons. The maximum atomic E-state index is 11.5. The number of hydrogen-bond donors (Lipinski definition) is 1. The molecule has 0 amide bonds. The van der Waals surface area contributed by atoms with Crippen LogP contribution in [0.15, 0.2) is 42.6 Å². The second-order valence-electron chi connectivity index (χ2n) is 7.35. The number of ether oxygens (including phenoxy) is 1. The van der Waals surface area contributed by atoms with E-state index in [0.717, 1.165) is 32.3 Å². The number of aromatic nitrogens is 1. The first-order valence-corrected chi connectivity index (χ1v) is 10.6. The molecule has 0 fully saturated rings. The van der Waals surface area contributed by atoms with Crippen molar-refractivity contribution in [1.29, 1.82) is 0 Å². The van der Waals surface area contributed by atoms with Gasteiger partial charge in [-0.05, 0) is 53.8 Å². The second-order valence-corrected chi connectivity index (χ2v) is 9.05. The Morgan fingerprint density at radius 2 is 1.97 bits per heavy atom. The van der Waals surface area contributed by atoms with E-state index in [1.165, 1.54) is 16.9 Å². The summed E-state index contributed by atoms with van der Waals surface area (Å²) in [5.41, 5.74) is 3.86. The summed E-state index contributed by atoms with van der Waals surface area (Å²) in [7, 11) is 1.64. The van der Waals surface area contributed by atoms with Gasteiger partial charge in [0, 0.05) is 27.6 Å². The molecule has 0 aliphatic heterocycles. The van der Waals surface area contributed by atoms with Crippen LogP contribution < -0.4 is 4.74 Å². The number of methoxy groups -OCH3 is 1. The summed E-state index contributed by atoms with van der Waals surface area (Å²) >= 11 is 7.98. The van der Waals surface area contributed by atoms with Crippen molar-refractivity contribution in [3.63, 3.8) is 0 Å². The minimum absolute atomic E-state index is 0.0457. The Hall–Kier alpha value is -2.37. The summed E-state index contributed by atoms with van der Waals surface area (Å²) in [6.45, 7) is 6.25. The number of aryl methyl sites for hydroxylation is 1. The maximum absolute atomic E-state index is 11.5. The lowest BCUT2D eigenvalue weighted by Gasteiger charge is -2.17. The van der Waals surface area contributed by atoms with Gasteiger partial charge in [0.25, 0.3) is 0 Å². The summed E-state index contributed by atoms with van der Waals surface area (Å²) in [6, 6.07) is 11.8. The second kappa shape index (κ2) is 8.97. The molecule has 1 N–H and O–H groups in total. The van der Waals surface area contributed by atoms with Crippen molar-refractivity contribution in [2.45, 2.75) is 39.0 Å². The lowest BCUT2D eigenvalue weighted by Crippen LogP contribution is -2.08. The number of thiazole rings is 1. The highest BCUT2D eigenvalue weighted by Gasteiger charge is 2.23. The van der Waals surface area contributed by atoms with Crippen molar-refractivity contribution in [3.8, 4) is 16.9 Å². The van der Waals surface area contributed by atoms with Gasteiger partial charge in [0.05, 0.1) is 13.5 Å². The summed E-state index contributed by atoms with van der Waals surface area (Å²) in [4.78, 5) is 17.0. The number of carboxylic acids is 1. The number of nitrogens with zero attached hydrogens (tertiary/aromatic N) is 1. The Bertz CT molecular complexity index is 1030. The highest BCUT2D eigenvalue weighted by atomic mass is 35.5. The van der Waals surface area contributed by atoms with Crippen LogP contribution in [0.4, 0.5) is 0 Å². The smallest absolute Gasteiger partial charge is 0.304 e. The van der Waals surface area contributed by atoms with Crippen molar-refractivity contribution < 1.29 is 14.6 Å². The van der Waals surface area contributed by atoms with Gasteiger partial charge in [-0.3, -0.25) is 4.79 Å². The fourth-order valence-corrected chi connectivity index (χ4v) is 4.48. The van der Waals surface area contributed by atoms with Gasteiger partial charge < -0.3 is 9.84 Å². The van der Waals surface area contributed by atoms with Crippen LogP contribution in [-0.2, 0) is 4.79 Å². The summed E-state index contributed by atoms with van der Waals surface area (Å²) in [5, 5.41) is 10.8. The third-order valence-electron chi connectivity index (χ3n) is 4.84.